The first-order valence-corrected chi connectivity index (χ1v) is 13.7. The SMILES string of the molecule is c1ccc2cc3c(cc2c1)c1ccccc1n3-c1nnc(-c2ccc3ccc4ccccc4c3c2)c2nccnc12. The first-order valence-electron chi connectivity index (χ1n) is 13.7. The molecule has 0 unspecified atom stereocenters. The van der Waals surface area contributed by atoms with Gasteiger partial charge in [0.2, 0.25) is 0 Å². The maximum Gasteiger partial charge on any atom is 0.188 e. The number of para-hydroxylation sites is 1. The summed E-state index contributed by atoms with van der Waals surface area (Å²) in [4.78, 5) is 9.63. The predicted octanol–water partition coefficient (Wildman–Crippen LogP) is 8.64. The van der Waals surface area contributed by atoms with Crippen LogP contribution in [0.5, 0.6) is 0 Å². The van der Waals surface area contributed by atoms with Gasteiger partial charge in [0.1, 0.15) is 16.7 Å². The van der Waals surface area contributed by atoms with E-state index in [0.717, 1.165) is 33.2 Å². The van der Waals surface area contributed by atoms with Gasteiger partial charge in [-0.3, -0.25) is 9.55 Å². The molecule has 0 fully saturated rings. The first kappa shape index (κ1) is 22.2. The fraction of sp³-hybridized carbons (Fsp3) is 0. The van der Waals surface area contributed by atoms with Gasteiger partial charge in [0.25, 0.3) is 0 Å². The highest BCUT2D eigenvalue weighted by molar-refractivity contribution is 6.14. The van der Waals surface area contributed by atoms with Gasteiger partial charge in [0, 0.05) is 28.7 Å². The molecule has 0 atom stereocenters. The molecule has 0 bridgehead atoms. The lowest BCUT2D eigenvalue weighted by molar-refractivity contribution is 0.965. The minimum absolute atomic E-state index is 0.671. The van der Waals surface area contributed by atoms with Crippen LogP contribution in [0.25, 0.3) is 82.2 Å². The van der Waals surface area contributed by atoms with Crippen LogP contribution in [-0.4, -0.2) is 24.7 Å². The van der Waals surface area contributed by atoms with Gasteiger partial charge in [-0.1, -0.05) is 91.0 Å². The highest BCUT2D eigenvalue weighted by Gasteiger charge is 2.20. The highest BCUT2D eigenvalue weighted by Crippen LogP contribution is 2.37. The second-order valence-corrected chi connectivity index (χ2v) is 10.4. The van der Waals surface area contributed by atoms with Crippen molar-refractivity contribution in [2.45, 2.75) is 0 Å². The molecule has 3 heterocycles. The van der Waals surface area contributed by atoms with Crippen molar-refractivity contribution in [3.63, 3.8) is 0 Å². The summed E-state index contributed by atoms with van der Waals surface area (Å²) in [5.74, 6) is 0.671. The Hall–Kier alpha value is -5.68. The fourth-order valence-electron chi connectivity index (χ4n) is 6.24. The smallest absolute Gasteiger partial charge is 0.188 e. The van der Waals surface area contributed by atoms with Gasteiger partial charge in [0.15, 0.2) is 5.82 Å². The van der Waals surface area contributed by atoms with Crippen molar-refractivity contribution in [1.29, 1.82) is 0 Å². The largest absolute Gasteiger partial charge is 0.290 e. The standard InChI is InChI=1S/C36H21N5/c1-2-9-25-21-32-30(19-24(25)8-1)28-11-5-6-12-31(28)41(32)36-35-34(37-17-18-38-35)33(39-40-36)26-16-15-23-14-13-22-7-3-4-10-27(22)29(23)20-26/h1-21H. The Labute approximate surface area is 234 Å². The Kier molecular flexibility index (Phi) is 4.55. The van der Waals surface area contributed by atoms with E-state index in [2.05, 4.69) is 120 Å². The van der Waals surface area contributed by atoms with Crippen LogP contribution >= 0.6 is 0 Å². The number of fused-ring (bicyclic) bond motifs is 8. The zero-order valence-corrected chi connectivity index (χ0v) is 21.9. The van der Waals surface area contributed by atoms with Gasteiger partial charge in [0.05, 0.1) is 11.0 Å². The normalized spacial score (nSPS) is 11.9. The van der Waals surface area contributed by atoms with Gasteiger partial charge in [-0.15, -0.1) is 10.2 Å². The van der Waals surface area contributed by atoms with Crippen molar-refractivity contribution < 1.29 is 0 Å². The molecule has 0 saturated heterocycles. The summed E-state index contributed by atoms with van der Waals surface area (Å²) in [6.45, 7) is 0. The summed E-state index contributed by atoms with van der Waals surface area (Å²) in [7, 11) is 0. The predicted molar refractivity (Wildman–Crippen MR) is 167 cm³/mol. The van der Waals surface area contributed by atoms with Crippen LogP contribution in [0.3, 0.4) is 0 Å². The molecule has 5 nitrogen and oxygen atoms in total. The van der Waals surface area contributed by atoms with Gasteiger partial charge in [-0.2, -0.15) is 0 Å². The van der Waals surface area contributed by atoms with Crippen molar-refractivity contribution in [3.05, 3.63) is 128 Å². The van der Waals surface area contributed by atoms with Gasteiger partial charge < -0.3 is 0 Å². The van der Waals surface area contributed by atoms with Crippen LogP contribution in [-0.2, 0) is 0 Å². The average molecular weight is 524 g/mol. The molecule has 0 saturated carbocycles. The van der Waals surface area contributed by atoms with Crippen LogP contribution in [0.4, 0.5) is 0 Å². The maximum absolute atomic E-state index is 4.86. The van der Waals surface area contributed by atoms with E-state index in [1.807, 2.05) is 0 Å². The molecule has 5 heteroatoms. The molecule has 0 amide bonds. The molecule has 9 aromatic rings. The van der Waals surface area contributed by atoms with E-state index in [4.69, 9.17) is 20.2 Å². The van der Waals surface area contributed by atoms with Crippen molar-refractivity contribution >= 4 is 65.2 Å². The lowest BCUT2D eigenvalue weighted by atomic mass is 9.98. The molecule has 6 aromatic carbocycles. The number of rotatable bonds is 2. The summed E-state index contributed by atoms with van der Waals surface area (Å²) < 4.78 is 2.18. The van der Waals surface area contributed by atoms with Crippen molar-refractivity contribution in [2.75, 3.05) is 0 Å². The summed E-state index contributed by atoms with van der Waals surface area (Å²) >= 11 is 0. The van der Waals surface area contributed by atoms with Gasteiger partial charge in [-0.05, 0) is 56.6 Å². The number of hydrogen-bond donors (Lipinski definition) is 0. The monoisotopic (exact) mass is 523 g/mol. The van der Waals surface area contributed by atoms with Crippen LogP contribution in [0.2, 0.25) is 0 Å². The topological polar surface area (TPSA) is 56.5 Å². The number of nitrogens with zero attached hydrogens (tertiary/aromatic N) is 5. The maximum atomic E-state index is 4.86. The Bertz CT molecular complexity index is 2490. The van der Waals surface area contributed by atoms with Crippen molar-refractivity contribution in [3.8, 4) is 17.1 Å². The van der Waals surface area contributed by atoms with E-state index in [1.165, 1.54) is 37.7 Å². The molecule has 0 N–H and O–H groups in total. The molecule has 0 aliphatic heterocycles. The summed E-state index contributed by atoms with van der Waals surface area (Å²) in [5.41, 5.74) is 5.25. The molecule has 0 aliphatic rings. The molecule has 0 spiro atoms. The van der Waals surface area contributed by atoms with E-state index < -0.39 is 0 Å². The molecule has 0 radical (unpaired) electrons. The third-order valence-corrected chi connectivity index (χ3v) is 8.15. The zero-order chi connectivity index (χ0) is 26.9. The van der Waals surface area contributed by atoms with Gasteiger partial charge in [-0.25, -0.2) is 4.98 Å². The summed E-state index contributed by atoms with van der Waals surface area (Å²) in [5, 5.41) is 19.2. The van der Waals surface area contributed by atoms with E-state index in [1.54, 1.807) is 12.4 Å². The second kappa shape index (κ2) is 8.41. The van der Waals surface area contributed by atoms with E-state index >= 15 is 0 Å². The van der Waals surface area contributed by atoms with E-state index in [-0.39, 0.29) is 0 Å². The highest BCUT2D eigenvalue weighted by atomic mass is 15.2. The minimum atomic E-state index is 0.671. The Morgan fingerprint density at radius 3 is 1.95 bits per heavy atom. The first-order chi connectivity index (χ1) is 20.3. The quantitative estimate of drug-likeness (QED) is 0.213. The number of hydrogen-bond acceptors (Lipinski definition) is 4. The Morgan fingerprint density at radius 2 is 1.10 bits per heavy atom. The number of aromatic nitrogens is 5. The molecule has 41 heavy (non-hydrogen) atoms. The molecule has 190 valence electrons. The third-order valence-electron chi connectivity index (χ3n) is 8.15. The van der Waals surface area contributed by atoms with Crippen LogP contribution in [0.1, 0.15) is 0 Å². The van der Waals surface area contributed by atoms with Gasteiger partial charge >= 0.3 is 0 Å². The lowest BCUT2D eigenvalue weighted by Gasteiger charge is -2.12. The zero-order valence-electron chi connectivity index (χ0n) is 21.9. The lowest BCUT2D eigenvalue weighted by Crippen LogP contribution is -2.04. The Balaban J connectivity index is 1.34. The van der Waals surface area contributed by atoms with E-state index in [9.17, 15) is 0 Å². The molecular weight excluding hydrogens is 502 g/mol. The molecular formula is C36H21N5. The van der Waals surface area contributed by atoms with Crippen molar-refractivity contribution in [2.24, 2.45) is 0 Å². The average Bonchev–Trinajstić information content (AvgIpc) is 3.36. The van der Waals surface area contributed by atoms with E-state index in [0.29, 0.717) is 11.3 Å². The van der Waals surface area contributed by atoms with Crippen molar-refractivity contribution in [1.82, 2.24) is 24.7 Å². The molecule has 9 rings (SSSR count). The van der Waals surface area contributed by atoms with Crippen LogP contribution in [0, 0.1) is 0 Å². The molecule has 3 aromatic heterocycles. The Morgan fingerprint density at radius 1 is 0.439 bits per heavy atom. The fourth-order valence-corrected chi connectivity index (χ4v) is 6.24. The second-order valence-electron chi connectivity index (χ2n) is 10.4. The summed E-state index contributed by atoms with van der Waals surface area (Å²) in [6.07, 6.45) is 3.46. The van der Waals surface area contributed by atoms with Crippen LogP contribution in [0.15, 0.2) is 128 Å². The third kappa shape index (κ3) is 3.23. The number of benzene rings is 6. The van der Waals surface area contributed by atoms with Crippen LogP contribution < -0.4 is 0 Å². The minimum Gasteiger partial charge on any atom is -0.290 e. The molecule has 0 aliphatic carbocycles. The summed E-state index contributed by atoms with van der Waals surface area (Å²) in [6, 6.07) is 40.6.